The molecule has 88 valence electrons. The fourth-order valence-corrected chi connectivity index (χ4v) is 2.30. The summed E-state index contributed by atoms with van der Waals surface area (Å²) in [4.78, 5) is 11.6. The summed E-state index contributed by atoms with van der Waals surface area (Å²) < 4.78 is 0. The lowest BCUT2D eigenvalue weighted by Gasteiger charge is -2.31. The van der Waals surface area contributed by atoms with Crippen LogP contribution >= 0.6 is 0 Å². The molecule has 1 aliphatic carbocycles. The zero-order chi connectivity index (χ0) is 11.1. The van der Waals surface area contributed by atoms with E-state index in [4.69, 9.17) is 5.73 Å². The molecule has 1 amide bonds. The van der Waals surface area contributed by atoms with Crippen molar-refractivity contribution in [1.29, 1.82) is 0 Å². The van der Waals surface area contributed by atoms with Crippen molar-refractivity contribution < 1.29 is 4.79 Å². The molecule has 0 radical (unpaired) electrons. The second-order valence-corrected chi connectivity index (χ2v) is 4.56. The number of nitrogens with two attached hydrogens (primary N) is 1. The molecule has 0 bridgehead atoms. The zero-order valence-electron chi connectivity index (χ0n) is 9.80. The van der Waals surface area contributed by atoms with Crippen molar-refractivity contribution in [2.75, 3.05) is 6.54 Å². The van der Waals surface area contributed by atoms with Gasteiger partial charge in [0.1, 0.15) is 0 Å². The Morgan fingerprint density at radius 2 is 2.13 bits per heavy atom. The normalized spacial score (nSPS) is 26.3. The van der Waals surface area contributed by atoms with E-state index in [-0.39, 0.29) is 5.91 Å². The Morgan fingerprint density at radius 1 is 1.40 bits per heavy atom. The first-order valence-corrected chi connectivity index (χ1v) is 6.27. The van der Waals surface area contributed by atoms with Crippen molar-refractivity contribution >= 4 is 5.91 Å². The van der Waals surface area contributed by atoms with E-state index in [1.807, 2.05) is 0 Å². The number of carbonyl (C=O) groups is 1. The van der Waals surface area contributed by atoms with Gasteiger partial charge in [-0.1, -0.05) is 26.2 Å². The van der Waals surface area contributed by atoms with E-state index in [0.29, 0.717) is 24.9 Å². The minimum absolute atomic E-state index is 0.210. The lowest BCUT2D eigenvalue weighted by Crippen LogP contribution is -2.44. The molecule has 1 rings (SSSR count). The smallest absolute Gasteiger partial charge is 0.220 e. The third kappa shape index (κ3) is 4.20. The van der Waals surface area contributed by atoms with E-state index in [2.05, 4.69) is 12.2 Å². The average Bonchev–Trinajstić information content (AvgIpc) is 2.27. The van der Waals surface area contributed by atoms with Crippen LogP contribution in [0, 0.1) is 5.92 Å². The van der Waals surface area contributed by atoms with Gasteiger partial charge in [-0.25, -0.2) is 0 Å². The van der Waals surface area contributed by atoms with Gasteiger partial charge in [0, 0.05) is 12.5 Å². The molecule has 2 unspecified atom stereocenters. The molecule has 2 atom stereocenters. The molecule has 1 saturated carbocycles. The van der Waals surface area contributed by atoms with Crippen molar-refractivity contribution in [1.82, 2.24) is 5.32 Å². The van der Waals surface area contributed by atoms with Gasteiger partial charge >= 0.3 is 0 Å². The molecule has 0 saturated heterocycles. The minimum atomic E-state index is 0.210. The summed E-state index contributed by atoms with van der Waals surface area (Å²) in [5, 5.41) is 3.14. The van der Waals surface area contributed by atoms with Crippen LogP contribution in [0.2, 0.25) is 0 Å². The van der Waals surface area contributed by atoms with Gasteiger partial charge in [-0.2, -0.15) is 0 Å². The van der Waals surface area contributed by atoms with Crippen molar-refractivity contribution in [2.45, 2.75) is 57.9 Å². The third-order valence-corrected chi connectivity index (χ3v) is 3.32. The van der Waals surface area contributed by atoms with Crippen molar-refractivity contribution in [2.24, 2.45) is 11.7 Å². The van der Waals surface area contributed by atoms with Gasteiger partial charge in [-0.3, -0.25) is 4.79 Å². The van der Waals surface area contributed by atoms with E-state index in [0.717, 1.165) is 19.3 Å². The zero-order valence-corrected chi connectivity index (χ0v) is 9.80. The Labute approximate surface area is 92.8 Å². The van der Waals surface area contributed by atoms with E-state index in [1.165, 1.54) is 19.3 Å². The second kappa shape index (κ2) is 6.83. The topological polar surface area (TPSA) is 55.1 Å². The van der Waals surface area contributed by atoms with Crippen LogP contribution in [0.1, 0.15) is 51.9 Å². The number of carbonyl (C=O) groups excluding carboxylic acids is 1. The first-order chi connectivity index (χ1) is 7.27. The van der Waals surface area contributed by atoms with Gasteiger partial charge in [-0.05, 0) is 31.7 Å². The standard InChI is InChI=1S/C12H24N2O/c1-2-3-8-12(15)14-11-7-5-4-6-10(11)9-13/h10-11H,2-9,13H2,1H3,(H,14,15). The number of nitrogens with one attached hydrogen (secondary N) is 1. The highest BCUT2D eigenvalue weighted by molar-refractivity contribution is 5.76. The lowest BCUT2D eigenvalue weighted by molar-refractivity contribution is -0.122. The number of amides is 1. The first-order valence-electron chi connectivity index (χ1n) is 6.27. The van der Waals surface area contributed by atoms with Crippen LogP contribution in [-0.4, -0.2) is 18.5 Å². The van der Waals surface area contributed by atoms with Crippen LogP contribution in [0.15, 0.2) is 0 Å². The summed E-state index contributed by atoms with van der Waals surface area (Å²) in [6.07, 6.45) is 7.53. The highest BCUT2D eigenvalue weighted by Gasteiger charge is 2.24. The van der Waals surface area contributed by atoms with Crippen LogP contribution in [0.3, 0.4) is 0 Å². The maximum Gasteiger partial charge on any atom is 0.220 e. The molecule has 3 heteroatoms. The molecule has 1 aliphatic rings. The first kappa shape index (κ1) is 12.5. The number of hydrogen-bond donors (Lipinski definition) is 2. The van der Waals surface area contributed by atoms with Gasteiger partial charge in [0.25, 0.3) is 0 Å². The van der Waals surface area contributed by atoms with E-state index in [1.54, 1.807) is 0 Å². The molecular formula is C12H24N2O. The Hall–Kier alpha value is -0.570. The van der Waals surface area contributed by atoms with E-state index in [9.17, 15) is 4.79 Å². The lowest BCUT2D eigenvalue weighted by atomic mass is 9.84. The molecule has 0 aromatic rings. The molecule has 0 aromatic heterocycles. The summed E-state index contributed by atoms with van der Waals surface area (Å²) in [6.45, 7) is 2.81. The van der Waals surface area contributed by atoms with Crippen LogP contribution in [0.4, 0.5) is 0 Å². The number of hydrogen-bond acceptors (Lipinski definition) is 2. The van der Waals surface area contributed by atoms with Crippen LogP contribution in [0.25, 0.3) is 0 Å². The van der Waals surface area contributed by atoms with E-state index < -0.39 is 0 Å². The molecule has 0 aliphatic heterocycles. The van der Waals surface area contributed by atoms with Crippen LogP contribution in [-0.2, 0) is 4.79 Å². The van der Waals surface area contributed by atoms with Gasteiger partial charge in [0.05, 0.1) is 0 Å². The van der Waals surface area contributed by atoms with E-state index >= 15 is 0 Å². The molecule has 0 aromatic carbocycles. The fraction of sp³-hybridized carbons (Fsp3) is 0.917. The average molecular weight is 212 g/mol. The van der Waals surface area contributed by atoms with Gasteiger partial charge in [0.2, 0.25) is 5.91 Å². The quantitative estimate of drug-likeness (QED) is 0.730. The Bertz CT molecular complexity index is 194. The van der Waals surface area contributed by atoms with Gasteiger partial charge < -0.3 is 11.1 Å². The summed E-state index contributed by atoms with van der Waals surface area (Å²) in [7, 11) is 0. The Balaban J connectivity index is 2.30. The number of unbranched alkanes of at least 4 members (excludes halogenated alkanes) is 1. The molecule has 3 N–H and O–H groups in total. The largest absolute Gasteiger partial charge is 0.353 e. The monoisotopic (exact) mass is 212 g/mol. The minimum Gasteiger partial charge on any atom is -0.353 e. The predicted octanol–water partition coefficient (Wildman–Crippen LogP) is 1.81. The maximum atomic E-state index is 11.6. The van der Waals surface area contributed by atoms with Crippen molar-refractivity contribution in [3.63, 3.8) is 0 Å². The second-order valence-electron chi connectivity index (χ2n) is 4.56. The molecule has 3 nitrogen and oxygen atoms in total. The predicted molar refractivity (Wildman–Crippen MR) is 62.5 cm³/mol. The fourth-order valence-electron chi connectivity index (χ4n) is 2.30. The van der Waals surface area contributed by atoms with Crippen LogP contribution < -0.4 is 11.1 Å². The van der Waals surface area contributed by atoms with Gasteiger partial charge in [0.15, 0.2) is 0 Å². The third-order valence-electron chi connectivity index (χ3n) is 3.32. The summed E-state index contributed by atoms with van der Waals surface area (Å²) in [5.74, 6) is 0.714. The Morgan fingerprint density at radius 3 is 2.80 bits per heavy atom. The molecule has 0 spiro atoms. The highest BCUT2D eigenvalue weighted by atomic mass is 16.1. The Kier molecular flexibility index (Phi) is 5.69. The summed E-state index contributed by atoms with van der Waals surface area (Å²) >= 11 is 0. The molecular weight excluding hydrogens is 188 g/mol. The maximum absolute atomic E-state index is 11.6. The van der Waals surface area contributed by atoms with Crippen LogP contribution in [0.5, 0.6) is 0 Å². The molecule has 0 heterocycles. The summed E-state index contributed by atoms with van der Waals surface area (Å²) in [6, 6.07) is 0.341. The van der Waals surface area contributed by atoms with Crippen molar-refractivity contribution in [3.05, 3.63) is 0 Å². The molecule has 1 fully saturated rings. The number of rotatable bonds is 5. The van der Waals surface area contributed by atoms with Gasteiger partial charge in [-0.15, -0.1) is 0 Å². The highest BCUT2D eigenvalue weighted by Crippen LogP contribution is 2.23. The summed E-state index contributed by atoms with van der Waals surface area (Å²) in [5.41, 5.74) is 5.72. The SMILES string of the molecule is CCCCC(=O)NC1CCCCC1CN. The molecule has 15 heavy (non-hydrogen) atoms. The van der Waals surface area contributed by atoms with Crippen molar-refractivity contribution in [3.8, 4) is 0 Å².